The molecule has 0 aliphatic rings. The first-order valence-corrected chi connectivity index (χ1v) is 6.57. The molecule has 0 spiro atoms. The van der Waals surface area contributed by atoms with E-state index in [1.54, 1.807) is 0 Å². The number of carbonyl (C=O) groups excluding carboxylic acids is 1. The predicted octanol–water partition coefficient (Wildman–Crippen LogP) is -1.20. The van der Waals surface area contributed by atoms with E-state index in [-0.39, 0.29) is 6.42 Å². The molecule has 0 aliphatic carbocycles. The van der Waals surface area contributed by atoms with Crippen molar-refractivity contribution < 1.29 is 24.4 Å². The van der Waals surface area contributed by atoms with Gasteiger partial charge in [-0.05, 0) is 19.4 Å². The Morgan fingerprint density at radius 3 is 2.31 bits per heavy atom. The van der Waals surface area contributed by atoms with Crippen LogP contribution in [-0.4, -0.2) is 44.8 Å². The highest BCUT2D eigenvalue weighted by atomic mass is 31.2. The van der Waals surface area contributed by atoms with Gasteiger partial charge in [0.1, 0.15) is 12.3 Å². The number of amides is 1. The summed E-state index contributed by atoms with van der Waals surface area (Å²) >= 11 is 0. The van der Waals surface area contributed by atoms with Gasteiger partial charge in [0.15, 0.2) is 0 Å². The third kappa shape index (κ3) is 6.89. The van der Waals surface area contributed by atoms with Crippen molar-refractivity contribution in [2.75, 3.05) is 12.8 Å². The molecule has 0 radical (unpaired) electrons. The number of hydrogen-bond acceptors (Lipinski definition) is 5. The quantitative estimate of drug-likeness (QED) is 0.207. The summed E-state index contributed by atoms with van der Waals surface area (Å²) in [4.78, 5) is 28.2. The summed E-state index contributed by atoms with van der Waals surface area (Å²) in [6, 6.07) is -1.10. The lowest BCUT2D eigenvalue weighted by atomic mass is 10.1. The summed E-state index contributed by atoms with van der Waals surface area (Å²) in [6.07, 6.45) is 0.488. The Labute approximate surface area is 93.3 Å². The van der Waals surface area contributed by atoms with E-state index < -0.39 is 25.8 Å². The van der Waals surface area contributed by atoms with E-state index in [9.17, 15) is 14.6 Å². The fourth-order valence-electron chi connectivity index (χ4n) is 1.21. The molecule has 0 aromatic rings. The molecule has 8 nitrogen and oxygen atoms in total. The molecule has 0 heterocycles. The zero-order chi connectivity index (χ0) is 12.8. The lowest BCUT2D eigenvalue weighted by Gasteiger charge is -2.23. The molecular formula is C7H18N3O5P. The second-order valence-corrected chi connectivity index (χ2v) is 5.06. The van der Waals surface area contributed by atoms with Crippen LogP contribution in [0.15, 0.2) is 0 Å². The zero-order valence-corrected chi connectivity index (χ0v) is 9.71. The summed E-state index contributed by atoms with van der Waals surface area (Å²) in [7, 11) is -4.41. The molecule has 96 valence electrons. The minimum Gasteiger partial charge on any atom is -0.368 e. The number of carbonyl (C=O) groups is 1. The fraction of sp³-hybridized carbons (Fsp3) is 0.857. The van der Waals surface area contributed by atoms with Gasteiger partial charge in [-0.3, -0.25) is 9.36 Å². The van der Waals surface area contributed by atoms with Crippen LogP contribution in [0.5, 0.6) is 0 Å². The van der Waals surface area contributed by atoms with Crippen molar-refractivity contribution in [3.63, 3.8) is 0 Å². The molecule has 0 saturated carbocycles. The van der Waals surface area contributed by atoms with Gasteiger partial charge in [0, 0.05) is 0 Å². The van der Waals surface area contributed by atoms with Crippen LogP contribution in [0, 0.1) is 0 Å². The number of nitrogens with zero attached hydrogens (tertiary/aromatic N) is 1. The normalized spacial score (nSPS) is 14.1. The fourth-order valence-corrected chi connectivity index (χ4v) is 1.78. The number of primary amides is 1. The largest absolute Gasteiger partial charge is 0.368 e. The Kier molecular flexibility index (Phi) is 6.73. The lowest BCUT2D eigenvalue weighted by molar-refractivity contribution is -0.148. The van der Waals surface area contributed by atoms with Crippen LogP contribution in [0.4, 0.5) is 0 Å². The Balaban J connectivity index is 4.30. The Morgan fingerprint density at radius 1 is 1.38 bits per heavy atom. The minimum atomic E-state index is -4.41. The summed E-state index contributed by atoms with van der Waals surface area (Å²) in [5, 5.41) is 9.61. The van der Waals surface area contributed by atoms with Crippen LogP contribution in [0.25, 0.3) is 0 Å². The molecule has 0 aromatic carbocycles. The van der Waals surface area contributed by atoms with Crippen LogP contribution in [0.3, 0.4) is 0 Å². The van der Waals surface area contributed by atoms with Crippen molar-refractivity contribution in [3.05, 3.63) is 0 Å². The molecule has 0 saturated heterocycles. The molecular weight excluding hydrogens is 237 g/mol. The van der Waals surface area contributed by atoms with Crippen molar-refractivity contribution in [2.24, 2.45) is 11.5 Å². The van der Waals surface area contributed by atoms with E-state index >= 15 is 0 Å². The van der Waals surface area contributed by atoms with E-state index in [2.05, 4.69) is 0 Å². The molecule has 1 atom stereocenters. The average molecular weight is 255 g/mol. The van der Waals surface area contributed by atoms with Crippen molar-refractivity contribution in [2.45, 2.75) is 25.3 Å². The standard InChI is InChI=1S/C7H18N3O5P/c8-4-2-1-3-6(7(9)11)10(12)5-16(13,14)15/h6,12H,1-5,8H2,(H2,9,11)(H2,13,14,15). The maximum absolute atomic E-state index is 11.0. The highest BCUT2D eigenvalue weighted by Crippen LogP contribution is 2.35. The molecule has 0 fully saturated rings. The highest BCUT2D eigenvalue weighted by molar-refractivity contribution is 7.51. The maximum Gasteiger partial charge on any atom is 0.341 e. The topological polar surface area (TPSA) is 150 Å². The minimum absolute atomic E-state index is 0.211. The van der Waals surface area contributed by atoms with Gasteiger partial charge in [-0.2, -0.15) is 5.06 Å². The van der Waals surface area contributed by atoms with Crippen LogP contribution in [0.1, 0.15) is 19.3 Å². The third-order valence-electron chi connectivity index (χ3n) is 1.95. The first kappa shape index (κ1) is 15.5. The average Bonchev–Trinajstić information content (AvgIpc) is 2.08. The maximum atomic E-state index is 11.0. The second kappa shape index (κ2) is 6.95. The van der Waals surface area contributed by atoms with Crippen LogP contribution in [-0.2, 0) is 9.36 Å². The van der Waals surface area contributed by atoms with E-state index in [4.69, 9.17) is 21.3 Å². The third-order valence-corrected chi connectivity index (χ3v) is 2.61. The van der Waals surface area contributed by atoms with Gasteiger partial charge >= 0.3 is 7.60 Å². The van der Waals surface area contributed by atoms with Crippen molar-refractivity contribution in [1.29, 1.82) is 0 Å². The molecule has 0 aliphatic heterocycles. The van der Waals surface area contributed by atoms with Gasteiger partial charge in [-0.1, -0.05) is 6.42 Å². The van der Waals surface area contributed by atoms with Gasteiger partial charge in [0.05, 0.1) is 0 Å². The molecule has 7 N–H and O–H groups in total. The SMILES string of the molecule is NCCCCC(C(N)=O)N(O)CP(=O)(O)O. The summed E-state index contributed by atoms with van der Waals surface area (Å²) in [5.41, 5.74) is 10.3. The number of rotatable bonds is 8. The number of hydrogen-bond donors (Lipinski definition) is 5. The highest BCUT2D eigenvalue weighted by Gasteiger charge is 2.27. The van der Waals surface area contributed by atoms with E-state index in [0.29, 0.717) is 24.4 Å². The van der Waals surface area contributed by atoms with Crippen molar-refractivity contribution in [3.8, 4) is 0 Å². The van der Waals surface area contributed by atoms with Crippen molar-refractivity contribution >= 4 is 13.5 Å². The molecule has 0 bridgehead atoms. The summed E-state index contributed by atoms with van der Waals surface area (Å²) in [6.45, 7) is 0.440. The van der Waals surface area contributed by atoms with Gasteiger partial charge < -0.3 is 26.5 Å². The number of hydroxylamine groups is 2. The Hall–Kier alpha value is -0.500. The first-order chi connectivity index (χ1) is 7.28. The second-order valence-electron chi connectivity index (χ2n) is 3.45. The summed E-state index contributed by atoms with van der Waals surface area (Å²) in [5.74, 6) is -0.826. The molecule has 16 heavy (non-hydrogen) atoms. The van der Waals surface area contributed by atoms with E-state index in [1.807, 2.05) is 0 Å². The first-order valence-electron chi connectivity index (χ1n) is 4.77. The lowest BCUT2D eigenvalue weighted by Crippen LogP contribution is -2.43. The molecule has 1 unspecified atom stereocenters. The summed E-state index contributed by atoms with van der Waals surface area (Å²) < 4.78 is 10.6. The van der Waals surface area contributed by atoms with E-state index in [0.717, 1.165) is 0 Å². The molecule has 9 heteroatoms. The Morgan fingerprint density at radius 2 is 1.94 bits per heavy atom. The molecule has 0 aromatic heterocycles. The number of unbranched alkanes of at least 4 members (excludes halogenated alkanes) is 1. The van der Waals surface area contributed by atoms with Gasteiger partial charge in [-0.25, -0.2) is 0 Å². The smallest absolute Gasteiger partial charge is 0.341 e. The van der Waals surface area contributed by atoms with Crippen LogP contribution >= 0.6 is 7.60 Å². The van der Waals surface area contributed by atoms with Crippen LogP contribution in [0.2, 0.25) is 0 Å². The van der Waals surface area contributed by atoms with Crippen LogP contribution < -0.4 is 11.5 Å². The van der Waals surface area contributed by atoms with Gasteiger partial charge in [-0.15, -0.1) is 0 Å². The monoisotopic (exact) mass is 255 g/mol. The van der Waals surface area contributed by atoms with Gasteiger partial charge in [0.2, 0.25) is 5.91 Å². The van der Waals surface area contributed by atoms with Crippen molar-refractivity contribution in [1.82, 2.24) is 5.06 Å². The van der Waals surface area contributed by atoms with E-state index in [1.165, 1.54) is 0 Å². The Bertz CT molecular complexity index is 269. The molecule has 0 rings (SSSR count). The van der Waals surface area contributed by atoms with Gasteiger partial charge in [0.25, 0.3) is 0 Å². The number of nitrogens with two attached hydrogens (primary N) is 2. The predicted molar refractivity (Wildman–Crippen MR) is 56.4 cm³/mol. The molecule has 1 amide bonds. The zero-order valence-electron chi connectivity index (χ0n) is 8.82.